The zero-order valence-corrected chi connectivity index (χ0v) is 10.5. The van der Waals surface area contributed by atoms with Crippen LogP contribution in [0, 0.1) is 0 Å². The maximum atomic E-state index is 13.1. The van der Waals surface area contributed by atoms with Gasteiger partial charge in [-0.05, 0) is 23.3 Å². The van der Waals surface area contributed by atoms with E-state index >= 15 is 0 Å². The van der Waals surface area contributed by atoms with E-state index in [1.54, 1.807) is 12.1 Å². The Kier molecular flexibility index (Phi) is 3.83. The summed E-state index contributed by atoms with van der Waals surface area (Å²) in [5, 5.41) is 9.20. The third-order valence-electron chi connectivity index (χ3n) is 2.74. The Morgan fingerprint density at radius 3 is 2.26 bits per heavy atom. The zero-order chi connectivity index (χ0) is 14.0. The Morgan fingerprint density at radius 2 is 1.68 bits per heavy atom. The van der Waals surface area contributed by atoms with Gasteiger partial charge in [-0.3, -0.25) is 0 Å². The second kappa shape index (κ2) is 5.23. The summed E-state index contributed by atoms with van der Waals surface area (Å²) in [6.07, 6.45) is -4.50. The van der Waals surface area contributed by atoms with Gasteiger partial charge in [0, 0.05) is 10.6 Å². The van der Waals surface area contributed by atoms with Gasteiger partial charge in [-0.1, -0.05) is 41.9 Å². The molecule has 0 unspecified atom stereocenters. The van der Waals surface area contributed by atoms with Crippen LogP contribution in [0.25, 0.3) is 11.1 Å². The molecule has 0 saturated carbocycles. The molecule has 2 rings (SSSR count). The number of hydrogen-bond donors (Lipinski definition) is 1. The van der Waals surface area contributed by atoms with Crippen LogP contribution in [0.2, 0.25) is 5.02 Å². The Morgan fingerprint density at radius 1 is 1.00 bits per heavy atom. The average molecular weight is 287 g/mol. The summed E-state index contributed by atoms with van der Waals surface area (Å²) >= 11 is 5.94. The average Bonchev–Trinajstić information content (AvgIpc) is 2.38. The van der Waals surface area contributed by atoms with Crippen molar-refractivity contribution >= 4 is 11.6 Å². The van der Waals surface area contributed by atoms with Crippen molar-refractivity contribution in [1.29, 1.82) is 0 Å². The highest BCUT2D eigenvalue weighted by atomic mass is 35.5. The molecule has 19 heavy (non-hydrogen) atoms. The molecule has 0 amide bonds. The van der Waals surface area contributed by atoms with E-state index in [0.29, 0.717) is 5.56 Å². The van der Waals surface area contributed by atoms with E-state index in [1.807, 2.05) is 0 Å². The van der Waals surface area contributed by atoms with E-state index in [4.69, 9.17) is 16.7 Å². The summed E-state index contributed by atoms with van der Waals surface area (Å²) in [6.45, 7) is -0.439. The molecule has 100 valence electrons. The summed E-state index contributed by atoms with van der Waals surface area (Å²) < 4.78 is 39.2. The number of aliphatic hydroxyl groups excluding tert-OH is 1. The van der Waals surface area contributed by atoms with Crippen molar-refractivity contribution in [2.75, 3.05) is 0 Å². The van der Waals surface area contributed by atoms with Crippen molar-refractivity contribution in [3.05, 3.63) is 58.6 Å². The Labute approximate surface area is 113 Å². The monoisotopic (exact) mass is 286 g/mol. The lowest BCUT2D eigenvalue weighted by Gasteiger charge is -2.15. The van der Waals surface area contributed by atoms with Gasteiger partial charge in [0.2, 0.25) is 0 Å². The van der Waals surface area contributed by atoms with Crippen LogP contribution >= 0.6 is 11.6 Å². The van der Waals surface area contributed by atoms with E-state index < -0.39 is 18.3 Å². The van der Waals surface area contributed by atoms with Crippen molar-refractivity contribution in [2.24, 2.45) is 0 Å². The van der Waals surface area contributed by atoms with Crippen LogP contribution in [0.4, 0.5) is 13.2 Å². The quantitative estimate of drug-likeness (QED) is 0.861. The Balaban J connectivity index is 2.67. The van der Waals surface area contributed by atoms with Crippen molar-refractivity contribution in [3.8, 4) is 11.1 Å². The SMILES string of the molecule is OCc1ccc(-c2ccccc2Cl)c(C(F)(F)F)c1. The molecule has 5 heteroatoms. The molecular weight excluding hydrogens is 277 g/mol. The number of hydrogen-bond acceptors (Lipinski definition) is 1. The number of rotatable bonds is 2. The standard InChI is InChI=1S/C14H10ClF3O/c15-13-4-2-1-3-11(13)10-6-5-9(8-19)7-12(10)14(16,17)18/h1-7,19H,8H2. The molecule has 0 fully saturated rings. The highest BCUT2D eigenvalue weighted by Crippen LogP contribution is 2.39. The zero-order valence-electron chi connectivity index (χ0n) is 9.71. The van der Waals surface area contributed by atoms with Gasteiger partial charge in [0.1, 0.15) is 0 Å². The first-order valence-corrected chi connectivity index (χ1v) is 5.87. The second-order valence-corrected chi connectivity index (χ2v) is 4.42. The van der Waals surface area contributed by atoms with E-state index in [9.17, 15) is 13.2 Å². The summed E-state index contributed by atoms with van der Waals surface area (Å²) in [5.74, 6) is 0. The summed E-state index contributed by atoms with van der Waals surface area (Å²) in [4.78, 5) is 0. The molecule has 0 aliphatic carbocycles. The van der Waals surface area contributed by atoms with Crippen LogP contribution in [0.1, 0.15) is 11.1 Å². The molecule has 2 aromatic rings. The number of halogens is 4. The van der Waals surface area contributed by atoms with Crippen LogP contribution in [-0.4, -0.2) is 5.11 Å². The van der Waals surface area contributed by atoms with Gasteiger partial charge in [-0.2, -0.15) is 13.2 Å². The highest BCUT2D eigenvalue weighted by molar-refractivity contribution is 6.33. The molecule has 0 radical (unpaired) electrons. The lowest BCUT2D eigenvalue weighted by Crippen LogP contribution is -2.08. The highest BCUT2D eigenvalue weighted by Gasteiger charge is 2.34. The maximum Gasteiger partial charge on any atom is 0.417 e. The minimum atomic E-state index is -4.50. The van der Waals surface area contributed by atoms with Gasteiger partial charge in [0.05, 0.1) is 12.2 Å². The van der Waals surface area contributed by atoms with Gasteiger partial charge in [-0.15, -0.1) is 0 Å². The molecule has 2 aromatic carbocycles. The third-order valence-corrected chi connectivity index (χ3v) is 3.07. The van der Waals surface area contributed by atoms with Gasteiger partial charge >= 0.3 is 6.18 Å². The predicted octanol–water partition coefficient (Wildman–Crippen LogP) is 4.52. The molecule has 1 N–H and O–H groups in total. The smallest absolute Gasteiger partial charge is 0.392 e. The van der Waals surface area contributed by atoms with Crippen LogP contribution in [0.15, 0.2) is 42.5 Å². The minimum Gasteiger partial charge on any atom is -0.392 e. The van der Waals surface area contributed by atoms with Crippen LogP contribution in [-0.2, 0) is 12.8 Å². The molecule has 0 aliphatic heterocycles. The molecule has 0 aliphatic rings. The molecule has 1 nitrogen and oxygen atoms in total. The lowest BCUT2D eigenvalue weighted by molar-refractivity contribution is -0.137. The first-order valence-electron chi connectivity index (χ1n) is 5.49. The third kappa shape index (κ3) is 2.91. The van der Waals surface area contributed by atoms with Gasteiger partial charge in [-0.25, -0.2) is 0 Å². The van der Waals surface area contributed by atoms with Gasteiger partial charge in [0.15, 0.2) is 0 Å². The molecular formula is C14H10ClF3O. The molecule has 0 heterocycles. The van der Waals surface area contributed by atoms with Gasteiger partial charge < -0.3 is 5.11 Å². The van der Waals surface area contributed by atoms with Crippen molar-refractivity contribution < 1.29 is 18.3 Å². The lowest BCUT2D eigenvalue weighted by atomic mass is 9.97. The summed E-state index contributed by atoms with van der Waals surface area (Å²) in [7, 11) is 0. The Hall–Kier alpha value is -1.52. The van der Waals surface area contributed by atoms with E-state index in [1.165, 1.54) is 24.3 Å². The molecule has 0 atom stereocenters. The second-order valence-electron chi connectivity index (χ2n) is 4.02. The number of alkyl halides is 3. The normalized spacial score (nSPS) is 11.6. The van der Waals surface area contributed by atoms with Crippen LogP contribution in [0.3, 0.4) is 0 Å². The predicted molar refractivity (Wildman–Crippen MR) is 67.8 cm³/mol. The van der Waals surface area contributed by atoms with E-state index in [0.717, 1.165) is 6.07 Å². The van der Waals surface area contributed by atoms with Crippen molar-refractivity contribution in [1.82, 2.24) is 0 Å². The largest absolute Gasteiger partial charge is 0.417 e. The summed E-state index contributed by atoms with van der Waals surface area (Å²) in [6, 6.07) is 10.1. The van der Waals surface area contributed by atoms with Crippen molar-refractivity contribution in [2.45, 2.75) is 12.8 Å². The topological polar surface area (TPSA) is 20.2 Å². The van der Waals surface area contributed by atoms with Crippen LogP contribution < -0.4 is 0 Å². The Bertz CT molecular complexity index is 593. The first-order chi connectivity index (χ1) is 8.93. The molecule has 0 aromatic heterocycles. The number of aliphatic hydroxyl groups is 1. The number of benzene rings is 2. The fourth-order valence-corrected chi connectivity index (χ4v) is 2.08. The fourth-order valence-electron chi connectivity index (χ4n) is 1.84. The van der Waals surface area contributed by atoms with E-state index in [2.05, 4.69) is 0 Å². The first kappa shape index (κ1) is 13.9. The van der Waals surface area contributed by atoms with E-state index in [-0.39, 0.29) is 16.1 Å². The van der Waals surface area contributed by atoms with Crippen molar-refractivity contribution in [3.63, 3.8) is 0 Å². The minimum absolute atomic E-state index is 0.00954. The maximum absolute atomic E-state index is 13.1. The fraction of sp³-hybridized carbons (Fsp3) is 0.143. The molecule has 0 saturated heterocycles. The van der Waals surface area contributed by atoms with Crippen LogP contribution in [0.5, 0.6) is 0 Å². The molecule has 0 bridgehead atoms. The summed E-state index contributed by atoms with van der Waals surface area (Å²) in [5.41, 5.74) is -0.258. The molecule has 0 spiro atoms. The van der Waals surface area contributed by atoms with Gasteiger partial charge in [0.25, 0.3) is 0 Å².